The molecule has 0 saturated heterocycles. The van der Waals surface area contributed by atoms with Gasteiger partial charge in [0.15, 0.2) is 0 Å². The third-order valence-electron chi connectivity index (χ3n) is 2.64. The van der Waals surface area contributed by atoms with Crippen LogP contribution in [0.1, 0.15) is 15.9 Å². The van der Waals surface area contributed by atoms with E-state index in [0.717, 1.165) is 11.6 Å². The maximum absolute atomic E-state index is 11.9. The zero-order chi connectivity index (χ0) is 15.4. The quantitative estimate of drug-likeness (QED) is 0.478. The molecule has 0 amide bonds. The van der Waals surface area contributed by atoms with Crippen molar-refractivity contribution in [2.45, 2.75) is 6.61 Å². The van der Waals surface area contributed by atoms with Crippen molar-refractivity contribution in [3.8, 4) is 0 Å². The Bertz CT molecular complexity index is 703. The molecule has 2 aromatic carbocycles. The second-order valence-electron chi connectivity index (χ2n) is 4.13. The third-order valence-corrected chi connectivity index (χ3v) is 3.18. The van der Waals surface area contributed by atoms with E-state index in [9.17, 15) is 14.9 Å². The number of nitro groups is 1. The number of nitro benzene ring substituents is 1. The fraction of sp³-hybridized carbons (Fsp3) is 0.0714. The molecule has 0 spiro atoms. The number of hydrogen-bond acceptors (Lipinski definition) is 4. The fourth-order valence-electron chi connectivity index (χ4n) is 1.64. The maximum Gasteiger partial charge on any atom is 0.338 e. The lowest BCUT2D eigenvalue weighted by atomic mass is 10.2. The van der Waals surface area contributed by atoms with Gasteiger partial charge in [-0.3, -0.25) is 10.1 Å². The summed E-state index contributed by atoms with van der Waals surface area (Å²) in [5.74, 6) is -0.619. The van der Waals surface area contributed by atoms with Gasteiger partial charge in [0.2, 0.25) is 0 Å². The smallest absolute Gasteiger partial charge is 0.338 e. The first-order chi connectivity index (χ1) is 9.97. The number of benzene rings is 2. The summed E-state index contributed by atoms with van der Waals surface area (Å²) in [5.41, 5.74) is 0.625. The van der Waals surface area contributed by atoms with Crippen LogP contribution in [0.15, 0.2) is 42.5 Å². The molecule has 2 aromatic rings. The van der Waals surface area contributed by atoms with Crippen molar-refractivity contribution >= 4 is 34.9 Å². The first-order valence-electron chi connectivity index (χ1n) is 5.83. The molecule has 0 aromatic heterocycles. The lowest BCUT2D eigenvalue weighted by Gasteiger charge is -2.06. The molecule has 0 atom stereocenters. The Morgan fingerprint density at radius 2 is 1.95 bits per heavy atom. The van der Waals surface area contributed by atoms with Gasteiger partial charge in [-0.2, -0.15) is 0 Å². The first-order valence-corrected chi connectivity index (χ1v) is 6.58. The Labute approximate surface area is 130 Å². The van der Waals surface area contributed by atoms with Gasteiger partial charge in [-0.05, 0) is 29.8 Å². The van der Waals surface area contributed by atoms with Crippen LogP contribution >= 0.6 is 23.2 Å². The van der Waals surface area contributed by atoms with E-state index in [0.29, 0.717) is 5.02 Å². The van der Waals surface area contributed by atoms with Crippen LogP contribution in [-0.4, -0.2) is 10.9 Å². The Morgan fingerprint density at radius 1 is 1.19 bits per heavy atom. The SMILES string of the molecule is O=C(OCc1cccc(Cl)c1)c1ccc([N+](=O)[O-])c(Cl)c1. The van der Waals surface area contributed by atoms with Gasteiger partial charge < -0.3 is 4.74 Å². The lowest BCUT2D eigenvalue weighted by Crippen LogP contribution is -2.05. The number of nitrogens with zero attached hydrogens (tertiary/aromatic N) is 1. The summed E-state index contributed by atoms with van der Waals surface area (Å²) < 4.78 is 5.10. The summed E-state index contributed by atoms with van der Waals surface area (Å²) in [6, 6.07) is 10.6. The Hall–Kier alpha value is -2.11. The van der Waals surface area contributed by atoms with Crippen LogP contribution in [0.4, 0.5) is 5.69 Å². The largest absolute Gasteiger partial charge is 0.457 e. The summed E-state index contributed by atoms with van der Waals surface area (Å²) in [5, 5.41) is 11.1. The van der Waals surface area contributed by atoms with Gasteiger partial charge in [-0.15, -0.1) is 0 Å². The first kappa shape index (κ1) is 15.3. The second-order valence-corrected chi connectivity index (χ2v) is 4.97. The summed E-state index contributed by atoms with van der Waals surface area (Å²) in [4.78, 5) is 21.9. The molecule has 0 fully saturated rings. The molecule has 0 unspecified atom stereocenters. The van der Waals surface area contributed by atoms with Gasteiger partial charge in [0, 0.05) is 11.1 Å². The van der Waals surface area contributed by atoms with Gasteiger partial charge in [0.05, 0.1) is 10.5 Å². The van der Waals surface area contributed by atoms with E-state index in [4.69, 9.17) is 27.9 Å². The standard InChI is InChI=1S/C14H9Cl2NO4/c15-11-3-1-2-9(6-11)8-21-14(18)10-4-5-13(17(19)20)12(16)7-10/h1-7H,8H2. The molecule has 0 saturated carbocycles. The van der Waals surface area contributed by atoms with Crippen molar-refractivity contribution < 1.29 is 14.5 Å². The summed E-state index contributed by atoms with van der Waals surface area (Å²) in [7, 11) is 0. The summed E-state index contributed by atoms with van der Waals surface area (Å²) in [6.07, 6.45) is 0. The van der Waals surface area contributed by atoms with E-state index in [-0.39, 0.29) is 22.9 Å². The lowest BCUT2D eigenvalue weighted by molar-refractivity contribution is -0.384. The normalized spacial score (nSPS) is 10.2. The van der Waals surface area contributed by atoms with E-state index in [1.165, 1.54) is 12.1 Å². The highest BCUT2D eigenvalue weighted by atomic mass is 35.5. The van der Waals surface area contributed by atoms with Crippen molar-refractivity contribution in [3.63, 3.8) is 0 Å². The molecule has 0 aliphatic heterocycles. The number of carbonyl (C=O) groups is 1. The van der Waals surface area contributed by atoms with Crippen molar-refractivity contribution in [2.24, 2.45) is 0 Å². The van der Waals surface area contributed by atoms with Gasteiger partial charge in [-0.25, -0.2) is 4.79 Å². The molecular weight excluding hydrogens is 317 g/mol. The molecule has 5 nitrogen and oxygen atoms in total. The minimum atomic E-state index is -0.622. The molecule has 108 valence electrons. The molecule has 0 bridgehead atoms. The van der Waals surface area contributed by atoms with Crippen molar-refractivity contribution in [2.75, 3.05) is 0 Å². The van der Waals surface area contributed by atoms with Crippen LogP contribution in [0, 0.1) is 10.1 Å². The number of ether oxygens (including phenoxy) is 1. The van der Waals surface area contributed by atoms with E-state index >= 15 is 0 Å². The van der Waals surface area contributed by atoms with Crippen molar-refractivity contribution in [1.29, 1.82) is 0 Å². The van der Waals surface area contributed by atoms with Gasteiger partial charge in [0.1, 0.15) is 11.6 Å². The van der Waals surface area contributed by atoms with Gasteiger partial charge in [-0.1, -0.05) is 35.3 Å². The molecule has 0 aliphatic rings. The number of esters is 1. The number of hydrogen-bond donors (Lipinski definition) is 0. The Kier molecular flexibility index (Phi) is 4.77. The summed E-state index contributed by atoms with van der Waals surface area (Å²) >= 11 is 11.6. The second kappa shape index (κ2) is 6.56. The highest BCUT2D eigenvalue weighted by Gasteiger charge is 2.16. The number of carbonyl (C=O) groups excluding carboxylic acids is 1. The van der Waals surface area contributed by atoms with Crippen LogP contribution in [0.3, 0.4) is 0 Å². The van der Waals surface area contributed by atoms with E-state index in [2.05, 4.69) is 0 Å². The minimum absolute atomic E-state index is 0.0496. The predicted molar refractivity (Wildman–Crippen MR) is 78.7 cm³/mol. The molecule has 0 N–H and O–H groups in total. The molecule has 2 rings (SSSR count). The molecule has 0 heterocycles. The number of halogens is 2. The van der Waals surface area contributed by atoms with E-state index in [1.54, 1.807) is 24.3 Å². The maximum atomic E-state index is 11.9. The molecule has 7 heteroatoms. The molecule has 0 radical (unpaired) electrons. The Morgan fingerprint density at radius 3 is 2.57 bits per heavy atom. The molecule has 0 aliphatic carbocycles. The van der Waals surface area contributed by atoms with Crippen LogP contribution in [-0.2, 0) is 11.3 Å². The van der Waals surface area contributed by atoms with Crippen LogP contribution in [0.25, 0.3) is 0 Å². The zero-order valence-corrected chi connectivity index (χ0v) is 12.1. The van der Waals surface area contributed by atoms with Gasteiger partial charge >= 0.3 is 5.97 Å². The monoisotopic (exact) mass is 325 g/mol. The predicted octanol–water partition coefficient (Wildman–Crippen LogP) is 4.26. The van der Waals surface area contributed by atoms with Gasteiger partial charge in [0.25, 0.3) is 5.69 Å². The average molecular weight is 326 g/mol. The van der Waals surface area contributed by atoms with Crippen molar-refractivity contribution in [3.05, 3.63) is 73.8 Å². The topological polar surface area (TPSA) is 69.4 Å². The minimum Gasteiger partial charge on any atom is -0.457 e. The fourth-order valence-corrected chi connectivity index (χ4v) is 2.10. The van der Waals surface area contributed by atoms with Crippen LogP contribution in [0.2, 0.25) is 10.0 Å². The van der Waals surface area contributed by atoms with Crippen LogP contribution in [0.5, 0.6) is 0 Å². The highest BCUT2D eigenvalue weighted by molar-refractivity contribution is 6.33. The van der Waals surface area contributed by atoms with Crippen molar-refractivity contribution in [1.82, 2.24) is 0 Å². The third kappa shape index (κ3) is 3.93. The molecular formula is C14H9Cl2NO4. The van der Waals surface area contributed by atoms with Crippen LogP contribution < -0.4 is 0 Å². The zero-order valence-electron chi connectivity index (χ0n) is 10.6. The van der Waals surface area contributed by atoms with E-state index < -0.39 is 10.9 Å². The average Bonchev–Trinajstić information content (AvgIpc) is 2.44. The number of rotatable bonds is 4. The molecule has 21 heavy (non-hydrogen) atoms. The van der Waals surface area contributed by atoms with E-state index in [1.807, 2.05) is 0 Å². The summed E-state index contributed by atoms with van der Waals surface area (Å²) in [6.45, 7) is 0.0496. The Balaban J connectivity index is 2.07. The highest BCUT2D eigenvalue weighted by Crippen LogP contribution is 2.25.